The van der Waals surface area contributed by atoms with E-state index in [0.29, 0.717) is 53.6 Å². The van der Waals surface area contributed by atoms with Crippen LogP contribution >= 0.6 is 22.7 Å². The predicted octanol–water partition coefficient (Wildman–Crippen LogP) is 7.64. The highest BCUT2D eigenvalue weighted by Gasteiger charge is 2.45. The van der Waals surface area contributed by atoms with Crippen LogP contribution in [0.4, 0.5) is 10.9 Å². The molecule has 1 saturated heterocycles. The Morgan fingerprint density at radius 1 is 0.886 bits per heavy atom. The maximum Gasteiger partial charge on any atom is 0.284 e. The van der Waals surface area contributed by atoms with Crippen molar-refractivity contribution in [2.75, 3.05) is 29.1 Å². The van der Waals surface area contributed by atoms with Crippen molar-refractivity contribution in [2.45, 2.75) is 111 Å². The van der Waals surface area contributed by atoms with Gasteiger partial charge >= 0.3 is 0 Å². The SMILES string of the molecule is Cc1ncsc1-c1ccc([C@H](C)NC(=O)[C@@H]2C[C@@H](O)CN2C(=O)[C@@H](NC(=O)CCCCCS(=O)(=O)NC(=O)c2nc(N3CCc4cccc(C(=O)Nc5nc6ccccc6s5)c4C3)ccc2-c2cnn(C)c2C)C(C)(C)C)cc1. The Kier molecular flexibility index (Phi) is 16.8. The summed E-state index contributed by atoms with van der Waals surface area (Å²) in [4.78, 5) is 87.5. The Bertz CT molecular complexity index is 3520. The van der Waals surface area contributed by atoms with Gasteiger partial charge in [0.25, 0.3) is 11.8 Å². The van der Waals surface area contributed by atoms with Gasteiger partial charge in [0, 0.05) is 61.9 Å². The first kappa shape index (κ1) is 56.3. The molecule has 0 saturated carbocycles. The molecule has 6 heterocycles. The average Bonchev–Trinajstić information content (AvgIpc) is 4.37. The minimum absolute atomic E-state index is 0.0154. The molecular formula is C57H65N11O8S3. The van der Waals surface area contributed by atoms with Crippen molar-refractivity contribution < 1.29 is 37.5 Å². The predicted molar refractivity (Wildman–Crippen MR) is 306 cm³/mol. The lowest BCUT2D eigenvalue weighted by Gasteiger charge is -2.35. The second-order valence-corrected chi connectivity index (χ2v) is 25.1. The summed E-state index contributed by atoms with van der Waals surface area (Å²) in [5.41, 5.74) is 8.56. The van der Waals surface area contributed by atoms with Crippen molar-refractivity contribution in [1.82, 2.24) is 45.0 Å². The van der Waals surface area contributed by atoms with E-state index in [1.165, 1.54) is 16.2 Å². The lowest BCUT2D eigenvalue weighted by molar-refractivity contribution is -0.144. The van der Waals surface area contributed by atoms with E-state index in [1.807, 2.05) is 86.3 Å². The number of unbranched alkanes of at least 4 members (excludes halogenated alkanes) is 2. The standard InChI is InChI=1S/C57H65N11O8S3/c1-33(36-19-21-38(22-20-36)50-34(2)58-32-77-50)60-53(72)45-28-39(69)30-68(45)55(74)51(57(4,5)6)63-48(70)18-9-8-12-27-79(75,76)65-54(73)49-40(42-29-59-66(7)35(42)3)23-24-47(62-49)67-26-25-37-14-13-15-41(43(37)31-67)52(71)64-56-61-44-16-10-11-17-46(44)78-56/h10-11,13-17,19-24,29,32-33,39,45,51,69H,8-9,12,18,25-28,30-31H2,1-7H3,(H,60,72)(H,63,70)(H,65,73)(H,61,64,71)/t33-,39+,45-,51+/m0/s1. The maximum atomic E-state index is 14.3. The number of carbonyl (C=O) groups is 5. The van der Waals surface area contributed by atoms with Crippen LogP contribution in [0.1, 0.15) is 115 Å². The quantitative estimate of drug-likeness (QED) is 0.0519. The lowest BCUT2D eigenvalue weighted by atomic mass is 9.85. The zero-order chi connectivity index (χ0) is 56.3. The number of thiazole rings is 2. The fourth-order valence-electron chi connectivity index (χ4n) is 10.1. The van der Waals surface area contributed by atoms with Gasteiger partial charge in [-0.15, -0.1) is 11.3 Å². The Morgan fingerprint density at radius 3 is 2.37 bits per heavy atom. The van der Waals surface area contributed by atoms with E-state index in [2.05, 4.69) is 35.7 Å². The largest absolute Gasteiger partial charge is 0.391 e. The van der Waals surface area contributed by atoms with Gasteiger partial charge in [-0.05, 0) is 98.0 Å². The molecule has 2 aliphatic heterocycles. The highest BCUT2D eigenvalue weighted by molar-refractivity contribution is 7.90. The van der Waals surface area contributed by atoms with E-state index in [4.69, 9.17) is 4.98 Å². The van der Waals surface area contributed by atoms with E-state index in [-0.39, 0.29) is 43.8 Å². The van der Waals surface area contributed by atoms with Crippen molar-refractivity contribution in [3.8, 4) is 21.6 Å². The Labute approximate surface area is 467 Å². The summed E-state index contributed by atoms with van der Waals surface area (Å²) in [5, 5.41) is 24.4. The van der Waals surface area contributed by atoms with Crippen molar-refractivity contribution in [2.24, 2.45) is 12.5 Å². The van der Waals surface area contributed by atoms with Crippen molar-refractivity contribution in [1.29, 1.82) is 0 Å². The molecule has 22 heteroatoms. The molecule has 0 unspecified atom stereocenters. The number of sulfonamides is 1. The minimum Gasteiger partial charge on any atom is -0.391 e. The number of nitrogens with zero attached hydrogens (tertiary/aromatic N) is 7. The Hall–Kier alpha value is -7.40. The van der Waals surface area contributed by atoms with Crippen molar-refractivity contribution in [3.63, 3.8) is 0 Å². The van der Waals surface area contributed by atoms with Gasteiger partial charge in [0.1, 0.15) is 23.6 Å². The smallest absolute Gasteiger partial charge is 0.284 e. The monoisotopic (exact) mass is 1130 g/mol. The first-order valence-corrected chi connectivity index (χ1v) is 29.6. The zero-order valence-electron chi connectivity index (χ0n) is 45.2. The summed E-state index contributed by atoms with van der Waals surface area (Å²) in [7, 11) is -2.44. The summed E-state index contributed by atoms with van der Waals surface area (Å²) in [6.45, 7) is 11.8. The highest BCUT2D eigenvalue weighted by Crippen LogP contribution is 2.34. The number of fused-ring (bicyclic) bond motifs is 2. The number of para-hydroxylation sites is 1. The number of aliphatic hydroxyl groups excluding tert-OH is 1. The molecule has 0 spiro atoms. The van der Waals surface area contributed by atoms with Crippen molar-refractivity contribution >= 4 is 83.4 Å². The molecule has 2 aliphatic rings. The van der Waals surface area contributed by atoms with Crippen LogP contribution in [0.5, 0.6) is 0 Å². The van der Waals surface area contributed by atoms with Gasteiger partial charge in [-0.3, -0.25) is 34.0 Å². The van der Waals surface area contributed by atoms with Crippen LogP contribution in [-0.2, 0) is 44.4 Å². The van der Waals surface area contributed by atoms with Gasteiger partial charge in [0.05, 0.1) is 50.4 Å². The number of hydrogen-bond donors (Lipinski definition) is 5. The van der Waals surface area contributed by atoms with Gasteiger partial charge < -0.3 is 25.5 Å². The second-order valence-electron chi connectivity index (χ2n) is 21.3. The molecule has 79 heavy (non-hydrogen) atoms. The van der Waals surface area contributed by atoms with Gasteiger partial charge in [-0.25, -0.2) is 28.1 Å². The molecule has 9 rings (SSSR count). The number of likely N-dealkylation sites (tertiary alicyclic amines) is 1. The average molecular weight is 1130 g/mol. The molecule has 5 N–H and O–H groups in total. The number of aryl methyl sites for hydroxylation is 2. The summed E-state index contributed by atoms with van der Waals surface area (Å²) < 4.78 is 32.0. The fraction of sp³-hybridized carbons (Fsp3) is 0.386. The van der Waals surface area contributed by atoms with E-state index in [9.17, 15) is 37.5 Å². The van der Waals surface area contributed by atoms with Crippen molar-refractivity contribution in [3.05, 3.63) is 130 Å². The molecule has 3 aromatic carbocycles. The number of nitrogens with one attached hydrogen (secondary N) is 4. The number of amides is 5. The Morgan fingerprint density at radius 2 is 1.66 bits per heavy atom. The van der Waals surface area contributed by atoms with Crippen LogP contribution in [0.2, 0.25) is 0 Å². The van der Waals surface area contributed by atoms with Crippen LogP contribution in [0.25, 0.3) is 31.8 Å². The number of carbonyl (C=O) groups excluding carboxylic acids is 5. The first-order valence-electron chi connectivity index (χ1n) is 26.3. The van der Waals surface area contributed by atoms with Crippen LogP contribution in [0.15, 0.2) is 90.6 Å². The van der Waals surface area contributed by atoms with Gasteiger partial charge in [-0.1, -0.05) is 87.1 Å². The number of aromatic nitrogens is 5. The third-order valence-electron chi connectivity index (χ3n) is 14.6. The number of pyridine rings is 1. The van der Waals surface area contributed by atoms with Crippen LogP contribution in [0.3, 0.4) is 0 Å². The Balaban J connectivity index is 0.799. The second kappa shape index (κ2) is 23.5. The number of hydrogen-bond acceptors (Lipinski definition) is 15. The molecule has 1 fully saturated rings. The number of β-amino-alcohol motifs (C(OH)–C–C–N with tert-alkyl or cyclic N) is 1. The zero-order valence-corrected chi connectivity index (χ0v) is 47.7. The normalized spacial score (nSPS) is 16.3. The number of aliphatic hydroxyl groups is 1. The number of benzene rings is 3. The van der Waals surface area contributed by atoms with Crippen LogP contribution in [-0.4, -0.2) is 110 Å². The summed E-state index contributed by atoms with van der Waals surface area (Å²) in [5.74, 6) is -2.54. The molecule has 4 atom stereocenters. The molecule has 5 amide bonds. The van der Waals surface area contributed by atoms with E-state index >= 15 is 0 Å². The van der Waals surface area contributed by atoms with Gasteiger partial charge in [-0.2, -0.15) is 5.10 Å². The maximum absolute atomic E-state index is 14.3. The molecule has 414 valence electrons. The lowest BCUT2D eigenvalue weighted by Crippen LogP contribution is -2.57. The van der Waals surface area contributed by atoms with E-state index in [1.54, 1.807) is 73.7 Å². The molecule has 0 bridgehead atoms. The summed E-state index contributed by atoms with van der Waals surface area (Å²) in [6.07, 6.45) is 2.00. The summed E-state index contributed by atoms with van der Waals surface area (Å²) >= 11 is 2.94. The molecule has 0 aliphatic carbocycles. The first-order chi connectivity index (χ1) is 37.6. The number of anilines is 2. The fourth-order valence-corrected chi connectivity index (χ4v) is 12.8. The van der Waals surface area contributed by atoms with E-state index in [0.717, 1.165) is 48.7 Å². The molecule has 19 nitrogen and oxygen atoms in total. The van der Waals surface area contributed by atoms with Gasteiger partial charge in [0.15, 0.2) is 5.13 Å². The van der Waals surface area contributed by atoms with Gasteiger partial charge in [0.2, 0.25) is 27.7 Å². The third-order valence-corrected chi connectivity index (χ3v) is 17.9. The minimum atomic E-state index is -4.20. The number of rotatable bonds is 18. The topological polar surface area (TPSA) is 251 Å². The molecule has 0 radical (unpaired) electrons. The molecule has 4 aromatic heterocycles. The van der Waals surface area contributed by atoms with Crippen LogP contribution in [0, 0.1) is 19.3 Å². The van der Waals surface area contributed by atoms with E-state index < -0.39 is 69.0 Å². The molecular weight excluding hydrogens is 1060 g/mol. The highest BCUT2D eigenvalue weighted by atomic mass is 32.2. The van der Waals surface area contributed by atoms with Crippen LogP contribution < -0.4 is 25.6 Å². The molecule has 7 aromatic rings. The summed E-state index contributed by atoms with van der Waals surface area (Å²) in [6, 6.07) is 22.2. The third kappa shape index (κ3) is 12.9.